The summed E-state index contributed by atoms with van der Waals surface area (Å²) in [7, 11) is 1.49. The number of ether oxygens (including phenoxy) is 1. The van der Waals surface area contributed by atoms with E-state index in [-0.39, 0.29) is 23.9 Å². The molecule has 1 aromatic carbocycles. The molecule has 1 aliphatic heterocycles. The molecule has 1 aliphatic rings. The van der Waals surface area contributed by atoms with E-state index in [1.807, 2.05) is 31.2 Å². The number of aliphatic hydroxyl groups excluding tert-OH is 1. The lowest BCUT2D eigenvalue weighted by Crippen LogP contribution is -2.43. The molecule has 0 radical (unpaired) electrons. The molecule has 0 atom stereocenters. The van der Waals surface area contributed by atoms with Crippen molar-refractivity contribution in [3.05, 3.63) is 63.2 Å². The van der Waals surface area contributed by atoms with Crippen LogP contribution in [0.2, 0.25) is 0 Å². The van der Waals surface area contributed by atoms with Crippen LogP contribution in [0, 0.1) is 19.8 Å². The number of methoxy groups -OCH3 is 1. The first-order valence-electron chi connectivity index (χ1n) is 12.5. The number of piperidine rings is 1. The van der Waals surface area contributed by atoms with Gasteiger partial charge in [0.2, 0.25) is 0 Å². The fourth-order valence-electron chi connectivity index (χ4n) is 5.21. The summed E-state index contributed by atoms with van der Waals surface area (Å²) in [5.74, 6) is -2.67. The van der Waals surface area contributed by atoms with E-state index in [0.717, 1.165) is 29.4 Å². The minimum atomic E-state index is -3.09. The number of para-hydroxylation sites is 1. The monoisotopic (exact) mass is 516 g/mol. The summed E-state index contributed by atoms with van der Waals surface area (Å²) in [5, 5.41) is 12.6. The van der Waals surface area contributed by atoms with Crippen LogP contribution >= 0.6 is 0 Å². The standard InChI is InChI=1S/C27H34F2N4O4/c1-17-12-23(37-3)21(25(35)31-17)13-30-26(36)24-18(2)33(22-7-5-4-6-20(22)24)14-19-8-10-32(11-9-19)15-27(28,29)16-34/h4-7,12,19,34H,8-11,13-16H2,1-3H3,(H,30,36)(H,31,35). The number of aromatic amines is 1. The number of aromatic nitrogens is 2. The third-order valence-electron chi connectivity index (χ3n) is 7.17. The number of nitrogens with one attached hydrogen (secondary N) is 2. The lowest BCUT2D eigenvalue weighted by atomic mass is 9.96. The van der Waals surface area contributed by atoms with E-state index in [1.165, 1.54) is 7.11 Å². The zero-order valence-electron chi connectivity index (χ0n) is 21.4. The summed E-state index contributed by atoms with van der Waals surface area (Å²) in [6.45, 7) is 3.88. The zero-order valence-corrected chi connectivity index (χ0v) is 21.4. The average Bonchev–Trinajstić information content (AvgIpc) is 3.15. The quantitative estimate of drug-likeness (QED) is 0.406. The number of H-pyrrole nitrogens is 1. The van der Waals surface area contributed by atoms with Gasteiger partial charge >= 0.3 is 0 Å². The molecule has 1 amide bonds. The molecule has 3 aromatic rings. The molecule has 2 aromatic heterocycles. The molecule has 3 N–H and O–H groups in total. The SMILES string of the molecule is COc1cc(C)[nH]c(=O)c1CNC(=O)c1c(C)n(CC2CCN(CC(F)(F)CO)CC2)c2ccccc12. The number of aliphatic hydroxyl groups is 1. The molecule has 0 aliphatic carbocycles. The molecule has 10 heteroatoms. The molecule has 0 unspecified atom stereocenters. The normalized spacial score (nSPS) is 15.3. The Morgan fingerprint density at radius 1 is 1.24 bits per heavy atom. The molecule has 37 heavy (non-hydrogen) atoms. The smallest absolute Gasteiger partial charge is 0.283 e. The summed E-state index contributed by atoms with van der Waals surface area (Å²) < 4.78 is 34.6. The molecule has 200 valence electrons. The number of pyridine rings is 1. The number of alkyl halides is 2. The number of carbonyl (C=O) groups excluding carboxylic acids is 1. The number of benzene rings is 1. The van der Waals surface area contributed by atoms with Gasteiger partial charge in [-0.05, 0) is 57.8 Å². The molecule has 4 rings (SSSR count). The Hall–Kier alpha value is -3.24. The highest BCUT2D eigenvalue weighted by Gasteiger charge is 2.33. The second-order valence-corrected chi connectivity index (χ2v) is 9.83. The molecule has 1 saturated heterocycles. The Kier molecular flexibility index (Phi) is 7.99. The van der Waals surface area contributed by atoms with Gasteiger partial charge in [-0.2, -0.15) is 0 Å². The Morgan fingerprint density at radius 2 is 1.95 bits per heavy atom. The number of nitrogens with zero attached hydrogens (tertiary/aromatic N) is 2. The van der Waals surface area contributed by atoms with Crippen LogP contribution in [0.3, 0.4) is 0 Å². The Labute approximate surface area is 214 Å². The second kappa shape index (κ2) is 11.0. The van der Waals surface area contributed by atoms with E-state index in [9.17, 15) is 18.4 Å². The minimum absolute atomic E-state index is 0.0213. The number of rotatable bonds is 9. The van der Waals surface area contributed by atoms with Crippen LogP contribution in [-0.4, -0.2) is 64.7 Å². The van der Waals surface area contributed by atoms with Crippen LogP contribution in [0.4, 0.5) is 8.78 Å². The van der Waals surface area contributed by atoms with Gasteiger partial charge in [0.05, 0.1) is 31.3 Å². The fraction of sp³-hybridized carbons (Fsp3) is 0.481. The van der Waals surface area contributed by atoms with Crippen LogP contribution in [0.1, 0.15) is 40.2 Å². The van der Waals surface area contributed by atoms with Crippen molar-refractivity contribution >= 4 is 16.8 Å². The molecular formula is C27H34F2N4O4. The minimum Gasteiger partial charge on any atom is -0.496 e. The maximum Gasteiger partial charge on any atom is 0.283 e. The maximum absolute atomic E-state index is 13.6. The van der Waals surface area contributed by atoms with E-state index < -0.39 is 19.1 Å². The summed E-state index contributed by atoms with van der Waals surface area (Å²) >= 11 is 0. The van der Waals surface area contributed by atoms with Gasteiger partial charge in [0.15, 0.2) is 0 Å². The first-order chi connectivity index (χ1) is 17.6. The molecular weight excluding hydrogens is 482 g/mol. The maximum atomic E-state index is 13.6. The van der Waals surface area contributed by atoms with Gasteiger partial charge in [-0.1, -0.05) is 18.2 Å². The van der Waals surface area contributed by atoms with Crippen molar-refractivity contribution in [2.75, 3.05) is 33.4 Å². The van der Waals surface area contributed by atoms with Crippen molar-refractivity contribution in [2.45, 2.75) is 45.7 Å². The molecule has 1 fully saturated rings. The number of likely N-dealkylation sites (tertiary alicyclic amines) is 1. The van der Waals surface area contributed by atoms with Gasteiger partial charge < -0.3 is 24.7 Å². The van der Waals surface area contributed by atoms with Gasteiger partial charge in [-0.15, -0.1) is 0 Å². The lowest BCUT2D eigenvalue weighted by Gasteiger charge is -2.34. The average molecular weight is 517 g/mol. The van der Waals surface area contributed by atoms with E-state index >= 15 is 0 Å². The molecule has 3 heterocycles. The predicted octanol–water partition coefficient (Wildman–Crippen LogP) is 3.22. The van der Waals surface area contributed by atoms with Crippen molar-refractivity contribution in [1.29, 1.82) is 0 Å². The predicted molar refractivity (Wildman–Crippen MR) is 137 cm³/mol. The van der Waals surface area contributed by atoms with Crippen molar-refractivity contribution in [3.63, 3.8) is 0 Å². The summed E-state index contributed by atoms with van der Waals surface area (Å²) in [5.41, 5.74) is 3.02. The highest BCUT2D eigenvalue weighted by molar-refractivity contribution is 6.08. The molecule has 0 bridgehead atoms. The number of amides is 1. The second-order valence-electron chi connectivity index (χ2n) is 9.83. The van der Waals surface area contributed by atoms with Crippen molar-refractivity contribution < 1.29 is 23.4 Å². The third kappa shape index (κ3) is 5.86. The van der Waals surface area contributed by atoms with E-state index in [4.69, 9.17) is 9.84 Å². The Balaban J connectivity index is 1.51. The van der Waals surface area contributed by atoms with Gasteiger partial charge in [-0.3, -0.25) is 14.5 Å². The van der Waals surface area contributed by atoms with Crippen molar-refractivity contribution in [1.82, 2.24) is 19.8 Å². The number of aryl methyl sites for hydroxylation is 1. The number of fused-ring (bicyclic) bond motifs is 1. The van der Waals surface area contributed by atoms with Crippen molar-refractivity contribution in [3.8, 4) is 5.75 Å². The Morgan fingerprint density at radius 3 is 2.62 bits per heavy atom. The highest BCUT2D eigenvalue weighted by atomic mass is 19.3. The number of hydrogen-bond acceptors (Lipinski definition) is 5. The van der Waals surface area contributed by atoms with E-state index in [0.29, 0.717) is 42.2 Å². The fourth-order valence-corrected chi connectivity index (χ4v) is 5.21. The number of halogens is 2. The van der Waals surface area contributed by atoms with Gasteiger partial charge in [-0.25, -0.2) is 8.78 Å². The molecule has 8 nitrogen and oxygen atoms in total. The highest BCUT2D eigenvalue weighted by Crippen LogP contribution is 2.30. The lowest BCUT2D eigenvalue weighted by molar-refractivity contribution is -0.0772. The van der Waals surface area contributed by atoms with Crippen LogP contribution in [-0.2, 0) is 13.1 Å². The first-order valence-corrected chi connectivity index (χ1v) is 12.5. The van der Waals surface area contributed by atoms with Crippen LogP contribution in [0.5, 0.6) is 5.75 Å². The summed E-state index contributed by atoms with van der Waals surface area (Å²) in [6.07, 6.45) is 1.51. The topological polar surface area (TPSA) is 99.6 Å². The van der Waals surface area contributed by atoms with E-state index in [1.54, 1.807) is 17.9 Å². The number of hydrogen-bond donors (Lipinski definition) is 3. The van der Waals surface area contributed by atoms with E-state index in [2.05, 4.69) is 14.9 Å². The number of carbonyl (C=O) groups is 1. The summed E-state index contributed by atoms with van der Waals surface area (Å²) in [4.78, 5) is 30.2. The summed E-state index contributed by atoms with van der Waals surface area (Å²) in [6, 6.07) is 9.42. The third-order valence-corrected chi connectivity index (χ3v) is 7.17. The zero-order chi connectivity index (χ0) is 26.7. The largest absolute Gasteiger partial charge is 0.496 e. The van der Waals surface area contributed by atoms with Crippen LogP contribution < -0.4 is 15.6 Å². The van der Waals surface area contributed by atoms with Gasteiger partial charge in [0.1, 0.15) is 12.4 Å². The molecule has 0 spiro atoms. The first kappa shape index (κ1) is 26.8. The van der Waals surface area contributed by atoms with Crippen molar-refractivity contribution in [2.24, 2.45) is 5.92 Å². The van der Waals surface area contributed by atoms with Gasteiger partial charge in [0, 0.05) is 28.8 Å². The molecule has 0 saturated carbocycles. The van der Waals surface area contributed by atoms with Crippen LogP contribution in [0.15, 0.2) is 35.1 Å². The van der Waals surface area contributed by atoms with Gasteiger partial charge in [0.25, 0.3) is 17.4 Å². The Bertz CT molecular complexity index is 1330. The van der Waals surface area contributed by atoms with Crippen LogP contribution in [0.25, 0.3) is 10.9 Å².